The molecular formula is C22H31N3. The van der Waals surface area contributed by atoms with Crippen LogP contribution in [0, 0.1) is 28.6 Å². The van der Waals surface area contributed by atoms with E-state index >= 15 is 0 Å². The van der Waals surface area contributed by atoms with E-state index in [1.165, 1.54) is 32.1 Å². The van der Waals surface area contributed by atoms with Crippen LogP contribution in [0.4, 0.5) is 5.69 Å². The van der Waals surface area contributed by atoms with Crippen molar-refractivity contribution in [3.63, 3.8) is 0 Å². The van der Waals surface area contributed by atoms with E-state index in [-0.39, 0.29) is 11.3 Å². The first-order chi connectivity index (χ1) is 12.1. The zero-order chi connectivity index (χ0) is 17.9. The Balaban J connectivity index is 1.86. The highest BCUT2D eigenvalue weighted by Gasteiger charge is 2.46. The van der Waals surface area contributed by atoms with Crippen LogP contribution in [0.25, 0.3) is 0 Å². The minimum atomic E-state index is 0.121. The van der Waals surface area contributed by atoms with Crippen molar-refractivity contribution < 1.29 is 0 Å². The number of hydrogen-bond donors (Lipinski definition) is 1. The average Bonchev–Trinajstić information content (AvgIpc) is 2.91. The van der Waals surface area contributed by atoms with E-state index < -0.39 is 0 Å². The number of nitrogens with zero attached hydrogens (tertiary/aromatic N) is 2. The third kappa shape index (κ3) is 3.75. The summed E-state index contributed by atoms with van der Waals surface area (Å²) in [4.78, 5) is 8.96. The van der Waals surface area contributed by atoms with E-state index in [4.69, 9.17) is 10.4 Å². The van der Waals surface area contributed by atoms with Gasteiger partial charge in [0.2, 0.25) is 0 Å². The highest BCUT2D eigenvalue weighted by atomic mass is 14.8. The molecule has 1 aromatic rings. The molecule has 2 aliphatic carbocycles. The monoisotopic (exact) mass is 337 g/mol. The van der Waals surface area contributed by atoms with Gasteiger partial charge in [0, 0.05) is 24.0 Å². The average molecular weight is 338 g/mol. The number of nitrogens with one attached hydrogen (secondary N) is 1. The lowest BCUT2D eigenvalue weighted by Crippen LogP contribution is -2.35. The smallest absolute Gasteiger partial charge is 0.0816 e. The van der Waals surface area contributed by atoms with Crippen LogP contribution >= 0.6 is 0 Å². The number of rotatable bonds is 6. The molecule has 0 spiro atoms. The Morgan fingerprint density at radius 2 is 2.32 bits per heavy atom. The molecule has 0 aromatic carbocycles. The number of hydrogen-bond acceptors (Lipinski definition) is 3. The SMILES string of the molecule is CCCC(C)CC1CCC2=CC(=Nc3cccnc3)C(C=N)CC21C. The van der Waals surface area contributed by atoms with Crippen LogP contribution in [0.5, 0.6) is 0 Å². The van der Waals surface area contributed by atoms with Gasteiger partial charge in [0.1, 0.15) is 0 Å². The van der Waals surface area contributed by atoms with Crippen molar-refractivity contribution in [2.24, 2.45) is 28.2 Å². The molecule has 0 aliphatic heterocycles. The van der Waals surface area contributed by atoms with E-state index in [0.29, 0.717) is 0 Å². The van der Waals surface area contributed by atoms with Gasteiger partial charge in [-0.2, -0.15) is 0 Å². The molecule has 0 radical (unpaired) electrons. The molecule has 25 heavy (non-hydrogen) atoms. The maximum Gasteiger partial charge on any atom is 0.0816 e. The molecule has 0 amide bonds. The number of aromatic nitrogens is 1. The zero-order valence-electron chi connectivity index (χ0n) is 15.8. The first-order valence-corrected chi connectivity index (χ1v) is 9.77. The quantitative estimate of drug-likeness (QED) is 0.636. The third-order valence-corrected chi connectivity index (χ3v) is 6.32. The molecule has 1 aromatic heterocycles. The summed E-state index contributed by atoms with van der Waals surface area (Å²) in [7, 11) is 0. The number of aliphatic imine (C=N–C) groups is 1. The molecule has 3 nitrogen and oxygen atoms in total. The van der Waals surface area contributed by atoms with Crippen LogP contribution in [0.2, 0.25) is 0 Å². The van der Waals surface area contributed by atoms with Crippen LogP contribution < -0.4 is 0 Å². The number of allylic oxidation sites excluding steroid dienone is 2. The predicted molar refractivity (Wildman–Crippen MR) is 106 cm³/mol. The highest BCUT2D eigenvalue weighted by Crippen LogP contribution is 2.55. The molecule has 1 saturated carbocycles. The van der Waals surface area contributed by atoms with E-state index in [1.54, 1.807) is 24.2 Å². The molecule has 1 N–H and O–H groups in total. The van der Waals surface area contributed by atoms with Crippen molar-refractivity contribution in [1.29, 1.82) is 5.41 Å². The van der Waals surface area contributed by atoms with Crippen molar-refractivity contribution in [3.05, 3.63) is 36.2 Å². The Hall–Kier alpha value is -1.77. The van der Waals surface area contributed by atoms with Crippen LogP contribution in [0.3, 0.4) is 0 Å². The Morgan fingerprint density at radius 1 is 1.48 bits per heavy atom. The molecule has 1 heterocycles. The summed E-state index contributed by atoms with van der Waals surface area (Å²) >= 11 is 0. The van der Waals surface area contributed by atoms with Gasteiger partial charge in [0.05, 0.1) is 11.9 Å². The topological polar surface area (TPSA) is 49.1 Å². The first-order valence-electron chi connectivity index (χ1n) is 9.77. The Kier molecular flexibility index (Phi) is 5.51. The fraction of sp³-hybridized carbons (Fsp3) is 0.591. The largest absolute Gasteiger partial charge is 0.312 e. The summed E-state index contributed by atoms with van der Waals surface area (Å²) in [5.74, 6) is 1.67. The van der Waals surface area contributed by atoms with Crippen molar-refractivity contribution in [2.75, 3.05) is 0 Å². The molecule has 0 bridgehead atoms. The molecule has 3 heteroatoms. The van der Waals surface area contributed by atoms with Gasteiger partial charge in [-0.05, 0) is 61.1 Å². The number of fused-ring (bicyclic) bond motifs is 1. The van der Waals surface area contributed by atoms with Crippen molar-refractivity contribution in [3.8, 4) is 0 Å². The molecule has 3 rings (SSSR count). The standard InChI is InChI=1S/C22H31N3/c1-4-6-16(2)11-18-8-9-19-12-21(17(14-23)13-22(18,19)3)25-20-7-5-10-24-15-20/h5,7,10,12,14-18,23H,4,6,8-9,11,13H2,1-3H3. The maximum atomic E-state index is 7.95. The van der Waals surface area contributed by atoms with Crippen LogP contribution in [-0.2, 0) is 0 Å². The van der Waals surface area contributed by atoms with Gasteiger partial charge >= 0.3 is 0 Å². The summed E-state index contributed by atoms with van der Waals surface area (Å²) in [6.45, 7) is 7.12. The highest BCUT2D eigenvalue weighted by molar-refractivity contribution is 6.07. The lowest BCUT2D eigenvalue weighted by molar-refractivity contribution is 0.203. The van der Waals surface area contributed by atoms with Gasteiger partial charge in [-0.15, -0.1) is 0 Å². The van der Waals surface area contributed by atoms with E-state index in [1.807, 2.05) is 12.1 Å². The van der Waals surface area contributed by atoms with Crippen LogP contribution in [0.15, 0.2) is 41.2 Å². The Morgan fingerprint density at radius 3 is 3.00 bits per heavy atom. The molecule has 134 valence electrons. The van der Waals surface area contributed by atoms with E-state index in [9.17, 15) is 0 Å². The Labute approximate surface area is 152 Å². The normalized spacial score (nSPS) is 31.5. The molecule has 4 unspecified atom stereocenters. The first kappa shape index (κ1) is 18.0. The summed E-state index contributed by atoms with van der Waals surface area (Å²) in [5.41, 5.74) is 3.73. The molecule has 1 fully saturated rings. The van der Waals surface area contributed by atoms with Gasteiger partial charge in [-0.1, -0.05) is 39.2 Å². The van der Waals surface area contributed by atoms with Crippen molar-refractivity contribution in [2.45, 2.75) is 59.3 Å². The lowest BCUT2D eigenvalue weighted by Gasteiger charge is -2.40. The molecule has 2 aliphatic rings. The molecule has 0 saturated heterocycles. The van der Waals surface area contributed by atoms with Gasteiger partial charge in [-0.3, -0.25) is 9.98 Å². The third-order valence-electron chi connectivity index (χ3n) is 6.32. The maximum absolute atomic E-state index is 7.95. The minimum absolute atomic E-state index is 0.121. The van der Waals surface area contributed by atoms with Gasteiger partial charge in [0.15, 0.2) is 0 Å². The summed E-state index contributed by atoms with van der Waals surface area (Å²) < 4.78 is 0. The van der Waals surface area contributed by atoms with Crippen molar-refractivity contribution in [1.82, 2.24) is 4.98 Å². The van der Waals surface area contributed by atoms with Crippen LogP contribution in [0.1, 0.15) is 59.3 Å². The molecule has 4 atom stereocenters. The predicted octanol–water partition coefficient (Wildman–Crippen LogP) is 5.99. The second-order valence-corrected chi connectivity index (χ2v) is 8.18. The second-order valence-electron chi connectivity index (χ2n) is 8.18. The van der Waals surface area contributed by atoms with E-state index in [0.717, 1.165) is 29.7 Å². The van der Waals surface area contributed by atoms with E-state index in [2.05, 4.69) is 31.8 Å². The van der Waals surface area contributed by atoms with Gasteiger partial charge < -0.3 is 5.41 Å². The summed E-state index contributed by atoms with van der Waals surface area (Å²) in [6, 6.07) is 3.90. The van der Waals surface area contributed by atoms with Crippen LogP contribution in [-0.4, -0.2) is 16.9 Å². The lowest BCUT2D eigenvalue weighted by atomic mass is 9.65. The summed E-state index contributed by atoms with van der Waals surface area (Å²) in [6.07, 6.45) is 14.9. The van der Waals surface area contributed by atoms with Crippen molar-refractivity contribution >= 4 is 17.6 Å². The van der Waals surface area contributed by atoms with Gasteiger partial charge in [-0.25, -0.2) is 0 Å². The Bertz CT molecular complexity index is 661. The summed E-state index contributed by atoms with van der Waals surface area (Å²) in [5, 5.41) is 7.95. The molecular weight excluding hydrogens is 306 g/mol. The number of pyridine rings is 1. The van der Waals surface area contributed by atoms with Gasteiger partial charge in [0.25, 0.3) is 0 Å². The second kappa shape index (κ2) is 7.63. The fourth-order valence-electron chi connectivity index (χ4n) is 4.88. The fourth-order valence-corrected chi connectivity index (χ4v) is 4.88. The minimum Gasteiger partial charge on any atom is -0.312 e. The zero-order valence-corrected chi connectivity index (χ0v) is 15.8.